The van der Waals surface area contributed by atoms with Gasteiger partial charge in [0.05, 0.1) is 0 Å². The molecule has 0 radical (unpaired) electrons. The third-order valence-electron chi connectivity index (χ3n) is 6.66. The van der Waals surface area contributed by atoms with E-state index in [0.717, 1.165) is 40.1 Å². The highest BCUT2D eigenvalue weighted by Gasteiger charge is 2.79. The molecule has 0 amide bonds. The number of fused-ring (bicyclic) bond motifs is 8. The molecule has 0 aliphatic carbocycles. The summed E-state index contributed by atoms with van der Waals surface area (Å²) in [6, 6.07) is 19.2. The van der Waals surface area contributed by atoms with Gasteiger partial charge in [0.1, 0.15) is 23.0 Å². The number of rotatable bonds is 2. The van der Waals surface area contributed by atoms with Crippen molar-refractivity contribution >= 4 is 75.7 Å². The van der Waals surface area contributed by atoms with E-state index in [2.05, 4.69) is 63.7 Å². The van der Waals surface area contributed by atoms with Crippen LogP contribution in [0.2, 0.25) is 0 Å². The maximum absolute atomic E-state index is 13.2. The summed E-state index contributed by atoms with van der Waals surface area (Å²) in [5, 5.41) is 0. The fraction of sp³-hybridized carbons (Fsp3) is 0.167. The Bertz CT molecular complexity index is 1230. The van der Waals surface area contributed by atoms with Crippen molar-refractivity contribution in [3.05, 3.63) is 101 Å². The largest absolute Gasteiger partial charge is 0.392 e. The zero-order valence-electron chi connectivity index (χ0n) is 16.1. The number of esters is 2. The summed E-state index contributed by atoms with van der Waals surface area (Å²) in [6.07, 6.45) is 0. The van der Waals surface area contributed by atoms with E-state index in [-0.39, 0.29) is 0 Å². The van der Waals surface area contributed by atoms with Gasteiger partial charge in [-0.05, 0) is 74.8 Å². The maximum atomic E-state index is 13.2. The van der Waals surface area contributed by atoms with Crippen molar-refractivity contribution in [3.8, 4) is 0 Å². The predicted octanol–water partition coefficient (Wildman–Crippen LogP) is 6.58. The number of hydrogen-bond acceptors (Lipinski definition) is 4. The Morgan fingerprint density at radius 1 is 0.594 bits per heavy atom. The Labute approximate surface area is 217 Å². The summed E-state index contributed by atoms with van der Waals surface area (Å²) in [4.78, 5) is 26.4. The summed E-state index contributed by atoms with van der Waals surface area (Å²) in [6.45, 7) is 0. The summed E-state index contributed by atoms with van der Waals surface area (Å²) in [7, 11) is 0. The average Bonchev–Trinajstić information content (AvgIpc) is 3.43. The molecule has 2 saturated heterocycles. The summed E-state index contributed by atoms with van der Waals surface area (Å²) in [5.41, 5.74) is 0.792. The Morgan fingerprint density at radius 2 is 0.969 bits per heavy atom. The van der Waals surface area contributed by atoms with Gasteiger partial charge in [0.2, 0.25) is 0 Å². The monoisotopic (exact) mass is 680 g/mol. The molecule has 0 aromatic heterocycles. The average molecular weight is 684 g/mol. The Kier molecular flexibility index (Phi) is 4.70. The first kappa shape index (κ1) is 21.2. The van der Waals surface area contributed by atoms with Crippen molar-refractivity contribution in [2.45, 2.75) is 11.2 Å². The van der Waals surface area contributed by atoms with Crippen LogP contribution in [0.5, 0.6) is 0 Å². The molecule has 8 heteroatoms. The van der Waals surface area contributed by atoms with Crippen LogP contribution in [-0.4, -0.2) is 11.9 Å². The first-order chi connectivity index (χ1) is 15.4. The lowest BCUT2D eigenvalue weighted by atomic mass is 9.61. The standard InChI is InChI=1S/C24H12Br4O4/c25-17-13-14(18(26)20(28)19(17)27)24(12-9-5-2-6-10-12)16-15(21(29)31-22(16)30)23(13,32-24)11-7-3-1-4-8-11/h1-10,15-16H/t15-,16-,23+,24+/m1/s1. The van der Waals surface area contributed by atoms with E-state index >= 15 is 0 Å². The lowest BCUT2D eigenvalue weighted by Gasteiger charge is -2.35. The second-order valence-corrected chi connectivity index (χ2v) is 11.2. The van der Waals surface area contributed by atoms with Gasteiger partial charge in [-0.2, -0.15) is 0 Å². The zero-order chi connectivity index (χ0) is 22.4. The molecule has 4 atom stereocenters. The van der Waals surface area contributed by atoms with Gasteiger partial charge in [-0.3, -0.25) is 9.59 Å². The van der Waals surface area contributed by atoms with Crippen molar-refractivity contribution in [1.82, 2.24) is 0 Å². The van der Waals surface area contributed by atoms with E-state index in [9.17, 15) is 9.59 Å². The van der Waals surface area contributed by atoms with Gasteiger partial charge in [-0.1, -0.05) is 60.7 Å². The first-order valence-corrected chi connectivity index (χ1v) is 13.0. The van der Waals surface area contributed by atoms with Crippen LogP contribution >= 0.6 is 63.7 Å². The van der Waals surface area contributed by atoms with Crippen molar-refractivity contribution in [1.29, 1.82) is 0 Å². The molecule has 3 heterocycles. The normalized spacial score (nSPS) is 29.8. The van der Waals surface area contributed by atoms with Gasteiger partial charge < -0.3 is 9.47 Å². The van der Waals surface area contributed by atoms with Crippen LogP contribution in [0.25, 0.3) is 0 Å². The fourth-order valence-corrected chi connectivity index (χ4v) is 8.27. The molecule has 0 spiro atoms. The molecule has 6 rings (SSSR count). The van der Waals surface area contributed by atoms with E-state index < -0.39 is 35.0 Å². The van der Waals surface area contributed by atoms with Gasteiger partial charge in [0.15, 0.2) is 0 Å². The van der Waals surface area contributed by atoms with Gasteiger partial charge in [0, 0.05) is 29.0 Å². The Morgan fingerprint density at radius 3 is 1.34 bits per heavy atom. The van der Waals surface area contributed by atoms with Crippen molar-refractivity contribution < 1.29 is 19.1 Å². The fourth-order valence-electron chi connectivity index (χ4n) is 5.56. The van der Waals surface area contributed by atoms with Crippen molar-refractivity contribution in [3.63, 3.8) is 0 Å². The molecule has 3 aromatic carbocycles. The molecular weight excluding hydrogens is 672 g/mol. The Hall–Kier alpha value is -1.32. The number of hydrogen-bond donors (Lipinski definition) is 0. The topological polar surface area (TPSA) is 52.6 Å². The summed E-state index contributed by atoms with van der Waals surface area (Å²) in [5.74, 6) is -2.76. The number of carbonyl (C=O) groups is 2. The second-order valence-electron chi connectivity index (χ2n) is 8.01. The molecule has 3 aliphatic heterocycles. The number of benzene rings is 3. The van der Waals surface area contributed by atoms with Crippen LogP contribution in [-0.2, 0) is 30.3 Å². The van der Waals surface area contributed by atoms with Gasteiger partial charge in [0.25, 0.3) is 0 Å². The third kappa shape index (κ3) is 2.35. The maximum Gasteiger partial charge on any atom is 0.321 e. The van der Waals surface area contributed by atoms with E-state index in [1.165, 1.54) is 0 Å². The molecule has 3 aromatic rings. The molecule has 160 valence electrons. The molecule has 0 N–H and O–H groups in total. The smallest absolute Gasteiger partial charge is 0.321 e. The SMILES string of the molecule is O=C1OC(=O)[C@H]2[C@H]1[C@@]1(c3ccccc3)O[C@@]2(c2ccccc2)c2c(Br)c(Br)c(Br)c(Br)c21. The van der Waals surface area contributed by atoms with Gasteiger partial charge in [-0.15, -0.1) is 0 Å². The van der Waals surface area contributed by atoms with Crippen LogP contribution < -0.4 is 0 Å². The van der Waals surface area contributed by atoms with Crippen molar-refractivity contribution in [2.75, 3.05) is 0 Å². The molecule has 0 unspecified atom stereocenters. The molecular formula is C24H12Br4O4. The van der Waals surface area contributed by atoms with Gasteiger partial charge in [-0.25, -0.2) is 0 Å². The minimum Gasteiger partial charge on any atom is -0.392 e. The minimum absolute atomic E-state index is 0.561. The van der Waals surface area contributed by atoms with E-state index in [1.54, 1.807) is 0 Å². The minimum atomic E-state index is -1.20. The van der Waals surface area contributed by atoms with E-state index in [0.29, 0.717) is 0 Å². The highest BCUT2D eigenvalue weighted by molar-refractivity contribution is 9.15. The summed E-state index contributed by atoms with van der Waals surface area (Å²) < 4.78 is 15.4. The third-order valence-corrected chi connectivity index (χ3v) is 11.4. The van der Waals surface area contributed by atoms with Crippen LogP contribution in [0.1, 0.15) is 22.3 Å². The van der Waals surface area contributed by atoms with Gasteiger partial charge >= 0.3 is 11.9 Å². The second kappa shape index (κ2) is 7.09. The predicted molar refractivity (Wildman–Crippen MR) is 131 cm³/mol. The molecule has 2 bridgehead atoms. The first-order valence-electron chi connectivity index (χ1n) is 9.79. The number of carbonyl (C=O) groups excluding carboxylic acids is 2. The number of ether oxygens (including phenoxy) is 2. The number of halogens is 4. The summed E-state index contributed by atoms with van der Waals surface area (Å²) >= 11 is 14.9. The molecule has 0 saturated carbocycles. The molecule has 4 nitrogen and oxygen atoms in total. The van der Waals surface area contributed by atoms with Crippen LogP contribution in [0.4, 0.5) is 0 Å². The zero-order valence-corrected chi connectivity index (χ0v) is 22.4. The van der Waals surface area contributed by atoms with E-state index in [4.69, 9.17) is 9.47 Å². The molecule has 3 aliphatic rings. The quantitative estimate of drug-likeness (QED) is 0.133. The number of cyclic esters (lactones) is 2. The van der Waals surface area contributed by atoms with Crippen LogP contribution in [0.3, 0.4) is 0 Å². The Balaban J connectivity index is 1.84. The molecule has 2 fully saturated rings. The molecule has 32 heavy (non-hydrogen) atoms. The lowest BCUT2D eigenvalue weighted by molar-refractivity contribution is -0.162. The lowest BCUT2D eigenvalue weighted by Crippen LogP contribution is -2.42. The van der Waals surface area contributed by atoms with E-state index in [1.807, 2.05) is 60.7 Å². The highest BCUT2D eigenvalue weighted by atomic mass is 79.9. The highest BCUT2D eigenvalue weighted by Crippen LogP contribution is 2.73. The van der Waals surface area contributed by atoms with Crippen molar-refractivity contribution in [2.24, 2.45) is 11.8 Å². The van der Waals surface area contributed by atoms with Crippen LogP contribution in [0.15, 0.2) is 78.6 Å². The van der Waals surface area contributed by atoms with Crippen LogP contribution in [0, 0.1) is 11.8 Å².